The highest BCUT2D eigenvalue weighted by Gasteiger charge is 1.97. The molecule has 1 rings (SSSR count). The van der Waals surface area contributed by atoms with E-state index in [0.29, 0.717) is 24.2 Å². The van der Waals surface area contributed by atoms with Crippen LogP contribution in [0, 0.1) is 0 Å². The van der Waals surface area contributed by atoms with Gasteiger partial charge in [0.2, 0.25) is 0 Å². The van der Waals surface area contributed by atoms with Crippen LogP contribution in [0.15, 0.2) is 24.3 Å². The summed E-state index contributed by atoms with van der Waals surface area (Å²) in [5, 5.41) is 0. The lowest BCUT2D eigenvalue weighted by molar-refractivity contribution is -0.118. The molecule has 3 nitrogen and oxygen atoms in total. The highest BCUT2D eigenvalue weighted by Crippen LogP contribution is 2.11. The van der Waals surface area contributed by atoms with Crippen molar-refractivity contribution in [3.8, 4) is 5.75 Å². The predicted octanol–water partition coefficient (Wildman–Crippen LogP) is 3.27. The predicted molar refractivity (Wildman–Crippen MR) is 68.6 cm³/mol. The SMILES string of the molecule is CCC(=O)CC.COc1ccc(C(C)=O)cc1. The number of ether oxygens (including phenoxy) is 1. The maximum Gasteiger partial charge on any atom is 0.159 e. The highest BCUT2D eigenvalue weighted by molar-refractivity contribution is 5.94. The number of methoxy groups -OCH3 is 1. The van der Waals surface area contributed by atoms with E-state index in [0.717, 1.165) is 5.75 Å². The van der Waals surface area contributed by atoms with E-state index in [9.17, 15) is 9.59 Å². The Hall–Kier alpha value is -1.64. The molecule has 0 radical (unpaired) electrons. The van der Waals surface area contributed by atoms with Gasteiger partial charge in [-0.3, -0.25) is 9.59 Å². The van der Waals surface area contributed by atoms with Crippen LogP contribution in [0.1, 0.15) is 44.0 Å². The number of benzene rings is 1. The molecule has 0 spiro atoms. The maximum atomic E-state index is 10.8. The second-order valence-corrected chi connectivity index (χ2v) is 3.53. The zero-order valence-corrected chi connectivity index (χ0v) is 10.9. The molecule has 0 fully saturated rings. The number of Topliss-reactive ketones (excluding diaryl/α,β-unsaturated/α-hetero) is 2. The van der Waals surface area contributed by atoms with E-state index in [1.165, 1.54) is 0 Å². The molecule has 0 saturated carbocycles. The lowest BCUT2D eigenvalue weighted by atomic mass is 10.1. The van der Waals surface area contributed by atoms with Crippen molar-refractivity contribution in [1.82, 2.24) is 0 Å². The summed E-state index contributed by atoms with van der Waals surface area (Å²) in [4.78, 5) is 21.0. The van der Waals surface area contributed by atoms with Crippen LogP contribution in [0.2, 0.25) is 0 Å². The van der Waals surface area contributed by atoms with Crippen LogP contribution >= 0.6 is 0 Å². The van der Waals surface area contributed by atoms with Gasteiger partial charge in [0.15, 0.2) is 5.78 Å². The molecule has 94 valence electrons. The number of carbonyl (C=O) groups excluding carboxylic acids is 2. The summed E-state index contributed by atoms with van der Waals surface area (Å²) in [6.45, 7) is 5.31. The first kappa shape index (κ1) is 15.4. The van der Waals surface area contributed by atoms with Gasteiger partial charge in [0.1, 0.15) is 11.5 Å². The van der Waals surface area contributed by atoms with Crippen LogP contribution in [-0.4, -0.2) is 18.7 Å². The van der Waals surface area contributed by atoms with Gasteiger partial charge in [0.05, 0.1) is 7.11 Å². The van der Waals surface area contributed by atoms with Gasteiger partial charge in [0, 0.05) is 18.4 Å². The van der Waals surface area contributed by atoms with Crippen LogP contribution in [0.4, 0.5) is 0 Å². The molecule has 0 amide bonds. The van der Waals surface area contributed by atoms with E-state index in [2.05, 4.69) is 0 Å². The fourth-order valence-corrected chi connectivity index (χ4v) is 1.08. The molecular weight excluding hydrogens is 216 g/mol. The number of ketones is 2. The minimum absolute atomic E-state index is 0.0765. The fraction of sp³-hybridized carbons (Fsp3) is 0.429. The van der Waals surface area contributed by atoms with Gasteiger partial charge in [-0.05, 0) is 31.2 Å². The second-order valence-electron chi connectivity index (χ2n) is 3.53. The van der Waals surface area contributed by atoms with Gasteiger partial charge in [-0.1, -0.05) is 13.8 Å². The largest absolute Gasteiger partial charge is 0.497 e. The molecule has 3 heteroatoms. The molecule has 0 aliphatic rings. The van der Waals surface area contributed by atoms with Crippen LogP contribution in [-0.2, 0) is 4.79 Å². The third-order valence-electron chi connectivity index (χ3n) is 2.29. The molecule has 1 aromatic rings. The third kappa shape index (κ3) is 6.51. The molecule has 0 aliphatic heterocycles. The van der Waals surface area contributed by atoms with Crippen LogP contribution < -0.4 is 4.74 Å². The normalized spacial score (nSPS) is 8.94. The van der Waals surface area contributed by atoms with Crippen molar-refractivity contribution < 1.29 is 14.3 Å². The molecule has 17 heavy (non-hydrogen) atoms. The van der Waals surface area contributed by atoms with Crippen molar-refractivity contribution in [2.24, 2.45) is 0 Å². The lowest BCUT2D eigenvalue weighted by Gasteiger charge is -1.98. The van der Waals surface area contributed by atoms with Crippen LogP contribution in [0.3, 0.4) is 0 Å². The Kier molecular flexibility index (Phi) is 7.68. The van der Waals surface area contributed by atoms with Crippen LogP contribution in [0.5, 0.6) is 5.75 Å². The first-order valence-electron chi connectivity index (χ1n) is 5.71. The zero-order chi connectivity index (χ0) is 13.3. The van der Waals surface area contributed by atoms with Gasteiger partial charge >= 0.3 is 0 Å². The molecule has 1 aromatic carbocycles. The van der Waals surface area contributed by atoms with E-state index >= 15 is 0 Å². The van der Waals surface area contributed by atoms with E-state index in [1.807, 2.05) is 13.8 Å². The summed E-state index contributed by atoms with van der Waals surface area (Å²) >= 11 is 0. The summed E-state index contributed by atoms with van der Waals surface area (Å²) in [5.41, 5.74) is 0.714. The van der Waals surface area contributed by atoms with Crippen molar-refractivity contribution in [2.45, 2.75) is 33.6 Å². The number of rotatable bonds is 4. The smallest absolute Gasteiger partial charge is 0.159 e. The van der Waals surface area contributed by atoms with Crippen molar-refractivity contribution in [3.63, 3.8) is 0 Å². The quantitative estimate of drug-likeness (QED) is 0.753. The van der Waals surface area contributed by atoms with Crippen molar-refractivity contribution >= 4 is 11.6 Å². The van der Waals surface area contributed by atoms with Crippen molar-refractivity contribution in [3.05, 3.63) is 29.8 Å². The molecule has 0 aromatic heterocycles. The van der Waals surface area contributed by atoms with Crippen LogP contribution in [0.25, 0.3) is 0 Å². The highest BCUT2D eigenvalue weighted by atomic mass is 16.5. The number of hydrogen-bond donors (Lipinski definition) is 0. The Balaban J connectivity index is 0.000000366. The minimum atomic E-state index is 0.0765. The molecule has 0 N–H and O–H groups in total. The summed E-state index contributed by atoms with van der Waals surface area (Å²) in [6.07, 6.45) is 1.38. The minimum Gasteiger partial charge on any atom is -0.497 e. The van der Waals surface area contributed by atoms with Gasteiger partial charge in [-0.15, -0.1) is 0 Å². The Bertz CT molecular complexity index is 346. The first-order chi connectivity index (χ1) is 8.04. The first-order valence-corrected chi connectivity index (χ1v) is 5.71. The van der Waals surface area contributed by atoms with Gasteiger partial charge in [-0.25, -0.2) is 0 Å². The third-order valence-corrected chi connectivity index (χ3v) is 2.29. The van der Waals surface area contributed by atoms with Gasteiger partial charge in [-0.2, -0.15) is 0 Å². The summed E-state index contributed by atoms with van der Waals surface area (Å²) in [5.74, 6) is 1.19. The summed E-state index contributed by atoms with van der Waals surface area (Å²) < 4.78 is 4.94. The Morgan fingerprint density at radius 1 is 1.06 bits per heavy atom. The average Bonchev–Trinajstić information content (AvgIpc) is 2.38. The molecule has 0 atom stereocenters. The maximum absolute atomic E-state index is 10.8. The van der Waals surface area contributed by atoms with E-state index in [-0.39, 0.29) is 5.78 Å². The average molecular weight is 236 g/mol. The van der Waals surface area contributed by atoms with Crippen molar-refractivity contribution in [1.29, 1.82) is 0 Å². The topological polar surface area (TPSA) is 43.4 Å². The molecule has 0 unspecified atom stereocenters. The molecule has 0 aliphatic carbocycles. The number of hydrogen-bond acceptors (Lipinski definition) is 3. The van der Waals surface area contributed by atoms with E-state index in [4.69, 9.17) is 4.74 Å². The summed E-state index contributed by atoms with van der Waals surface area (Å²) in [6, 6.07) is 7.05. The monoisotopic (exact) mass is 236 g/mol. The molecule has 0 saturated heterocycles. The molecular formula is C14H20O3. The van der Waals surface area contributed by atoms with E-state index < -0.39 is 0 Å². The fourth-order valence-electron chi connectivity index (χ4n) is 1.08. The lowest BCUT2D eigenvalue weighted by Crippen LogP contribution is -1.91. The molecule has 0 bridgehead atoms. The number of carbonyl (C=O) groups is 2. The molecule has 0 heterocycles. The van der Waals surface area contributed by atoms with Crippen molar-refractivity contribution in [2.75, 3.05) is 7.11 Å². The van der Waals surface area contributed by atoms with Gasteiger partial charge < -0.3 is 4.74 Å². The zero-order valence-electron chi connectivity index (χ0n) is 10.9. The van der Waals surface area contributed by atoms with E-state index in [1.54, 1.807) is 38.3 Å². The Labute approximate surface area is 103 Å². The standard InChI is InChI=1S/C9H10O2.C5H10O/c1-7(10)8-3-5-9(11-2)6-4-8;1-3-5(6)4-2/h3-6H,1-2H3;3-4H2,1-2H3. The summed E-state index contributed by atoms with van der Waals surface area (Å²) in [7, 11) is 1.60. The Morgan fingerprint density at radius 3 is 1.76 bits per heavy atom. The Morgan fingerprint density at radius 2 is 1.53 bits per heavy atom. The van der Waals surface area contributed by atoms with Gasteiger partial charge in [0.25, 0.3) is 0 Å². The second kappa shape index (κ2) is 8.50.